The smallest absolute Gasteiger partial charge is 0.337 e. The van der Waals surface area contributed by atoms with Gasteiger partial charge in [0.2, 0.25) is 0 Å². The van der Waals surface area contributed by atoms with E-state index in [0.717, 1.165) is 44.0 Å². The van der Waals surface area contributed by atoms with E-state index in [1.807, 2.05) is 18.2 Å². The molecule has 2 aliphatic rings. The molecule has 2 aromatic carbocycles. The van der Waals surface area contributed by atoms with Crippen molar-refractivity contribution in [1.29, 1.82) is 0 Å². The summed E-state index contributed by atoms with van der Waals surface area (Å²) in [5, 5.41) is 6.53. The SMILES string of the molecule is Bc1ccc(Nc2cc(=O)n(C)c3c2c(=O)n(C2CC2)c(=O)n3-c2cccc(NCCN3CCOCC3)c2)c(F)c1. The maximum absolute atomic E-state index is 14.8. The number of nitrogens with one attached hydrogen (secondary N) is 2. The first-order chi connectivity index (χ1) is 19.8. The summed E-state index contributed by atoms with van der Waals surface area (Å²) < 4.78 is 24.2. The van der Waals surface area contributed by atoms with Gasteiger partial charge in [-0.3, -0.25) is 23.6 Å². The zero-order valence-corrected chi connectivity index (χ0v) is 23.2. The summed E-state index contributed by atoms with van der Waals surface area (Å²) in [6.07, 6.45) is 1.43. The normalized spacial score (nSPS) is 15.8. The van der Waals surface area contributed by atoms with Gasteiger partial charge in [0.05, 0.1) is 30.3 Å². The zero-order valence-electron chi connectivity index (χ0n) is 23.2. The number of rotatable bonds is 8. The predicted octanol–water partition coefficient (Wildman–Crippen LogP) is 1.07. The quantitative estimate of drug-likeness (QED) is 0.312. The van der Waals surface area contributed by atoms with Gasteiger partial charge < -0.3 is 15.4 Å². The van der Waals surface area contributed by atoms with Gasteiger partial charge in [-0.1, -0.05) is 17.6 Å². The Balaban J connectivity index is 1.48. The lowest BCUT2D eigenvalue weighted by Crippen LogP contribution is -2.41. The molecule has 1 saturated heterocycles. The topological polar surface area (TPSA) is 103 Å². The average Bonchev–Trinajstić information content (AvgIpc) is 3.79. The number of aryl methyl sites for hydroxylation is 1. The standard InChI is InChI=1S/C29H32BFN6O4/c1-34-25(38)17-24(33-23-8-5-18(30)15-22(23)31)26-27(34)36(29(40)37(28(26)39)20-6-7-20)21-4-2-3-19(16-21)32-9-10-35-11-13-41-14-12-35/h2-5,8,15-17,20,32-33H,6-7,9-14,30H2,1H3. The van der Waals surface area contributed by atoms with Gasteiger partial charge in [-0.2, -0.15) is 0 Å². The van der Waals surface area contributed by atoms with E-state index in [-0.39, 0.29) is 28.5 Å². The van der Waals surface area contributed by atoms with Crippen LogP contribution in [0.1, 0.15) is 18.9 Å². The number of nitrogens with zero attached hydrogens (tertiary/aromatic N) is 4. The van der Waals surface area contributed by atoms with Crippen LogP contribution >= 0.6 is 0 Å². The van der Waals surface area contributed by atoms with Crippen LogP contribution in [0.3, 0.4) is 0 Å². The van der Waals surface area contributed by atoms with E-state index in [1.165, 1.54) is 32.9 Å². The summed E-state index contributed by atoms with van der Waals surface area (Å²) in [7, 11) is 3.31. The number of pyridine rings is 1. The van der Waals surface area contributed by atoms with Crippen molar-refractivity contribution in [2.45, 2.75) is 18.9 Å². The minimum atomic E-state index is -0.510. The van der Waals surface area contributed by atoms with Crippen LogP contribution in [0.15, 0.2) is 62.9 Å². The number of aromatic nitrogens is 3. The molecule has 2 N–H and O–H groups in total. The maximum atomic E-state index is 14.8. The van der Waals surface area contributed by atoms with Gasteiger partial charge in [0.1, 0.15) is 24.7 Å². The van der Waals surface area contributed by atoms with Crippen molar-refractivity contribution in [3.05, 3.63) is 85.5 Å². The summed E-state index contributed by atoms with van der Waals surface area (Å²) in [6, 6.07) is 13.1. The van der Waals surface area contributed by atoms with E-state index >= 15 is 0 Å². The van der Waals surface area contributed by atoms with Gasteiger partial charge in [0, 0.05) is 51.0 Å². The van der Waals surface area contributed by atoms with Gasteiger partial charge in [-0.15, -0.1) is 0 Å². The Kier molecular flexibility index (Phi) is 7.27. The van der Waals surface area contributed by atoms with E-state index in [9.17, 15) is 18.8 Å². The van der Waals surface area contributed by atoms with Gasteiger partial charge in [0.25, 0.3) is 11.1 Å². The first-order valence-corrected chi connectivity index (χ1v) is 13.9. The molecule has 2 aromatic heterocycles. The maximum Gasteiger partial charge on any atom is 0.337 e. The van der Waals surface area contributed by atoms with Crippen LogP contribution in [0.2, 0.25) is 0 Å². The molecule has 1 aliphatic heterocycles. The first kappa shape index (κ1) is 27.0. The second-order valence-corrected chi connectivity index (χ2v) is 10.7. The van der Waals surface area contributed by atoms with Crippen molar-refractivity contribution < 1.29 is 9.13 Å². The second kappa shape index (κ2) is 11.0. The lowest BCUT2D eigenvalue weighted by molar-refractivity contribution is 0.0398. The summed E-state index contributed by atoms with van der Waals surface area (Å²) in [4.78, 5) is 43.3. The van der Waals surface area contributed by atoms with Gasteiger partial charge >= 0.3 is 5.69 Å². The molecule has 41 heavy (non-hydrogen) atoms. The van der Waals surface area contributed by atoms with Crippen LogP contribution < -0.4 is 32.9 Å². The van der Waals surface area contributed by atoms with Crippen molar-refractivity contribution in [2.75, 3.05) is 50.0 Å². The van der Waals surface area contributed by atoms with Crippen molar-refractivity contribution in [2.24, 2.45) is 7.05 Å². The Morgan fingerprint density at radius 3 is 2.54 bits per heavy atom. The molecular formula is C29H32BFN6O4. The monoisotopic (exact) mass is 558 g/mol. The molecule has 0 spiro atoms. The Labute approximate surface area is 236 Å². The molecule has 6 rings (SSSR count). The van der Waals surface area contributed by atoms with Gasteiger partial charge in [-0.25, -0.2) is 13.8 Å². The van der Waals surface area contributed by atoms with E-state index in [1.54, 1.807) is 26.0 Å². The third-order valence-electron chi connectivity index (χ3n) is 7.72. The van der Waals surface area contributed by atoms with Crippen LogP contribution in [-0.2, 0) is 11.8 Å². The summed E-state index contributed by atoms with van der Waals surface area (Å²) in [5.74, 6) is -0.509. The van der Waals surface area contributed by atoms with E-state index in [0.29, 0.717) is 25.1 Å². The molecule has 4 aromatic rings. The number of anilines is 3. The van der Waals surface area contributed by atoms with Crippen LogP contribution in [0, 0.1) is 5.82 Å². The van der Waals surface area contributed by atoms with E-state index in [4.69, 9.17) is 4.74 Å². The molecule has 2 fully saturated rings. The highest BCUT2D eigenvalue weighted by molar-refractivity contribution is 6.32. The number of ether oxygens (including phenoxy) is 1. The number of benzene rings is 2. The molecule has 212 valence electrons. The van der Waals surface area contributed by atoms with Crippen LogP contribution in [0.25, 0.3) is 16.7 Å². The third-order valence-corrected chi connectivity index (χ3v) is 7.72. The second-order valence-electron chi connectivity index (χ2n) is 10.7. The van der Waals surface area contributed by atoms with Crippen molar-refractivity contribution in [1.82, 2.24) is 18.6 Å². The average molecular weight is 558 g/mol. The Morgan fingerprint density at radius 2 is 1.80 bits per heavy atom. The fraction of sp³-hybridized carbons (Fsp3) is 0.345. The molecular weight excluding hydrogens is 526 g/mol. The third kappa shape index (κ3) is 5.32. The van der Waals surface area contributed by atoms with Gasteiger partial charge in [-0.05, 0) is 43.2 Å². The fourth-order valence-corrected chi connectivity index (χ4v) is 5.35. The van der Waals surface area contributed by atoms with Crippen molar-refractivity contribution >= 4 is 41.4 Å². The molecule has 0 amide bonds. The lowest BCUT2D eigenvalue weighted by atomic mass is 9.96. The predicted molar refractivity (Wildman–Crippen MR) is 161 cm³/mol. The highest BCUT2D eigenvalue weighted by Crippen LogP contribution is 2.33. The molecule has 1 aliphatic carbocycles. The van der Waals surface area contributed by atoms with Crippen LogP contribution in [0.5, 0.6) is 0 Å². The van der Waals surface area contributed by atoms with Gasteiger partial charge in [0.15, 0.2) is 0 Å². The molecule has 0 bridgehead atoms. The number of hydrogen-bond acceptors (Lipinski definition) is 7. The number of fused-ring (bicyclic) bond motifs is 1. The molecule has 0 unspecified atom stereocenters. The lowest BCUT2D eigenvalue weighted by Gasteiger charge is -2.26. The molecule has 3 heterocycles. The van der Waals surface area contributed by atoms with Crippen LogP contribution in [-0.4, -0.2) is 65.8 Å². The molecule has 1 saturated carbocycles. The summed E-state index contributed by atoms with van der Waals surface area (Å²) in [6.45, 7) is 4.80. The first-order valence-electron chi connectivity index (χ1n) is 13.9. The molecule has 12 heteroatoms. The molecule has 0 radical (unpaired) electrons. The Morgan fingerprint density at radius 1 is 1.02 bits per heavy atom. The minimum absolute atomic E-state index is 0.131. The van der Waals surface area contributed by atoms with E-state index in [2.05, 4.69) is 15.5 Å². The minimum Gasteiger partial charge on any atom is -0.384 e. The largest absolute Gasteiger partial charge is 0.384 e. The molecule has 10 nitrogen and oxygen atoms in total. The number of halogens is 1. The molecule has 0 atom stereocenters. The fourth-order valence-electron chi connectivity index (χ4n) is 5.35. The zero-order chi connectivity index (χ0) is 28.7. The highest BCUT2D eigenvalue weighted by atomic mass is 19.1. The van der Waals surface area contributed by atoms with E-state index < -0.39 is 22.6 Å². The van der Waals surface area contributed by atoms with Crippen molar-refractivity contribution in [3.8, 4) is 5.69 Å². The van der Waals surface area contributed by atoms with Crippen molar-refractivity contribution in [3.63, 3.8) is 0 Å². The summed E-state index contributed by atoms with van der Waals surface area (Å²) >= 11 is 0. The highest BCUT2D eigenvalue weighted by Gasteiger charge is 2.31. The van der Waals surface area contributed by atoms with Crippen LogP contribution in [0.4, 0.5) is 21.5 Å². The Bertz CT molecular complexity index is 1810. The number of hydrogen-bond donors (Lipinski definition) is 2. The summed E-state index contributed by atoms with van der Waals surface area (Å²) in [5.41, 5.74) is 1.03. The Hall–Kier alpha value is -4.16. The number of morpholine rings is 1.